The maximum Gasteiger partial charge on any atom is 0.318 e. The van der Waals surface area contributed by atoms with E-state index in [1.54, 1.807) is 18.7 Å². The number of aromatic hydroxyl groups is 2. The van der Waals surface area contributed by atoms with Crippen molar-refractivity contribution in [3.8, 4) is 23.5 Å². The normalized spacial score (nSPS) is 17.9. The molecule has 31 nitrogen and oxygen atoms in total. The van der Waals surface area contributed by atoms with Crippen LogP contribution in [0.2, 0.25) is 0 Å². The number of aromatic nitrogens is 9. The predicted molar refractivity (Wildman–Crippen MR) is 532 cm³/mol. The van der Waals surface area contributed by atoms with Crippen LogP contribution in [-0.4, -0.2) is 284 Å². The summed E-state index contributed by atoms with van der Waals surface area (Å²) in [6.45, 7) is 38.6. The Labute approximate surface area is 795 Å². The molecule has 5 saturated heterocycles. The fraction of sp³-hybridized carbons (Fsp3) is 0.400. The van der Waals surface area contributed by atoms with Crippen LogP contribution < -0.4 is 43.8 Å². The van der Waals surface area contributed by atoms with Crippen molar-refractivity contribution in [1.82, 2.24) is 74.3 Å². The highest BCUT2D eigenvalue weighted by Gasteiger charge is 2.36. The van der Waals surface area contributed by atoms with Gasteiger partial charge in [-0.25, -0.2) is 19.9 Å². The smallest absolute Gasteiger partial charge is 0.318 e. The molecule has 4 amide bonds. The van der Waals surface area contributed by atoms with Crippen LogP contribution in [0.3, 0.4) is 0 Å². The molecule has 31 heteroatoms. The zero-order valence-electron chi connectivity index (χ0n) is 78.4. The number of amides is 4. The van der Waals surface area contributed by atoms with Gasteiger partial charge in [-0.15, -0.1) is 0 Å². The number of phenolic OH excluding ortho intramolecular Hbond substituents is 2. The van der Waals surface area contributed by atoms with Gasteiger partial charge in [-0.05, 0) is 118 Å². The number of hydrogen-bond donors (Lipinski definition) is 3. The van der Waals surface area contributed by atoms with E-state index >= 15 is 0 Å². The minimum absolute atomic E-state index is 0.00120. The quantitative estimate of drug-likeness (QED) is 0.0563. The molecule has 14 heterocycles. The Morgan fingerprint density at radius 1 is 0.441 bits per heavy atom. The van der Waals surface area contributed by atoms with Gasteiger partial charge in [0.1, 0.15) is 47.4 Å². The van der Waals surface area contributed by atoms with E-state index in [-0.39, 0.29) is 53.9 Å². The summed E-state index contributed by atoms with van der Waals surface area (Å²) in [6.07, 6.45) is 20.3. The Morgan fingerprint density at radius 3 is 1.32 bits per heavy atom. The Hall–Kier alpha value is -13.9. The average molecular weight is 1840 g/mol. The molecule has 11 aromatic rings. The van der Waals surface area contributed by atoms with Crippen LogP contribution in [0.1, 0.15) is 96.2 Å². The number of pyridine rings is 1. The first-order valence-electron chi connectivity index (χ1n) is 47.9. The Morgan fingerprint density at radius 2 is 0.853 bits per heavy atom. The molecule has 5 fully saturated rings. The van der Waals surface area contributed by atoms with Gasteiger partial charge in [0.2, 0.25) is 23.6 Å². The maximum absolute atomic E-state index is 12.2. The van der Waals surface area contributed by atoms with Crippen molar-refractivity contribution in [3.63, 3.8) is 0 Å². The lowest BCUT2D eigenvalue weighted by molar-refractivity contribution is -0.127. The van der Waals surface area contributed by atoms with Crippen LogP contribution in [0.25, 0.3) is 32.3 Å². The van der Waals surface area contributed by atoms with Gasteiger partial charge in [0.25, 0.3) is 0 Å². The first kappa shape index (κ1) is 93.9. The monoisotopic (exact) mass is 1840 g/mol. The first-order chi connectivity index (χ1) is 66.4. The third kappa shape index (κ3) is 21.6. The topological polar surface area (TPSA) is 306 Å². The van der Waals surface area contributed by atoms with Crippen molar-refractivity contribution in [3.05, 3.63) is 254 Å². The average Bonchev–Trinajstić information content (AvgIpc) is 0.763. The molecule has 5 aromatic heterocycles. The van der Waals surface area contributed by atoms with Crippen molar-refractivity contribution < 1.29 is 44.0 Å². The summed E-state index contributed by atoms with van der Waals surface area (Å²) < 4.78 is 12.5. The standard InChI is InChI=1S/C31H38N6O3.C29H35N5O3.C23H24N6O.C22H27N5O2/c1-3-29(39)35-13-15-36(16-14-35)30-26-10-12-37(28-18-24(38)17-23-8-4-5-9-25(23)28)20-27(26)32-31(33-30)40-21-22-7-6-11-34(2)19-22;1-4-8-20(3)37-29-30-25-19-34(26-18-22(35)17-21-9-6-7-10-23(21)26)12-11-24(25)28(31-29)33-15-13-32(14-16-33)27(36)5-2;1-2-22(30)27-9-11-28(12-10-27)23-19-7-8-29(15-20(19)25-16-26-23)21-14-24-13-17-5-3-4-6-18(17)21;1-2-21(29)25-10-12-26(13-11-25)22-18-8-9-27(14-19(18)23-16-24-22)20(15-28)17-6-4-3-5-7-17/h3-5,8-9,17-18,22,38H,1,6-7,10-16,19-21H2,2H3;5-7,9-10,17-18,20,35H,2,4,8,11-16,19H2,1,3H3;2-6,13-14,16H,1,7-12,15H2;2-7,16,20,28H,1,8-15H2. The van der Waals surface area contributed by atoms with Gasteiger partial charge in [-0.2, -0.15) is 19.9 Å². The van der Waals surface area contributed by atoms with Crippen LogP contribution in [-0.2, 0) is 71.0 Å². The molecule has 0 aliphatic carbocycles. The zero-order valence-corrected chi connectivity index (χ0v) is 78.4. The van der Waals surface area contributed by atoms with Gasteiger partial charge in [-0.1, -0.05) is 143 Å². The van der Waals surface area contributed by atoms with E-state index < -0.39 is 0 Å². The molecule has 3 atom stereocenters. The van der Waals surface area contributed by atoms with Crippen molar-refractivity contribution in [2.24, 2.45) is 5.92 Å². The number of benzene rings is 6. The molecule has 6 aromatic carbocycles. The number of fused-ring (bicyclic) bond motifs is 7. The highest BCUT2D eigenvalue weighted by molar-refractivity contribution is 5.98. The summed E-state index contributed by atoms with van der Waals surface area (Å²) in [5.74, 6) is 4.74. The molecule has 9 aliphatic rings. The van der Waals surface area contributed by atoms with E-state index in [1.807, 2.05) is 111 Å². The number of aliphatic hydroxyl groups excluding tert-OH is 1. The maximum atomic E-state index is 12.2. The minimum Gasteiger partial charge on any atom is -0.508 e. The van der Waals surface area contributed by atoms with Gasteiger partial charge in [0.05, 0.1) is 79.7 Å². The number of aliphatic hydroxyl groups is 1. The molecule has 3 unspecified atom stereocenters. The zero-order chi connectivity index (χ0) is 94.3. The van der Waals surface area contributed by atoms with Crippen molar-refractivity contribution >= 4 is 96.3 Å². The summed E-state index contributed by atoms with van der Waals surface area (Å²) in [6, 6.07) is 42.9. The summed E-state index contributed by atoms with van der Waals surface area (Å²) in [4.78, 5) is 118. The second-order valence-corrected chi connectivity index (χ2v) is 36.2. The molecule has 3 N–H and O–H groups in total. The molecule has 0 spiro atoms. The van der Waals surface area contributed by atoms with E-state index in [9.17, 15) is 34.5 Å². The molecule has 9 aliphatic heterocycles. The van der Waals surface area contributed by atoms with E-state index in [0.717, 1.165) is 224 Å². The lowest BCUT2D eigenvalue weighted by atomic mass is 9.99. The molecular formula is C105H124N22O9. The molecule has 708 valence electrons. The number of rotatable bonds is 21. The van der Waals surface area contributed by atoms with Gasteiger partial charge in [0, 0.05) is 223 Å². The molecule has 0 saturated carbocycles. The highest BCUT2D eigenvalue weighted by Crippen LogP contribution is 2.42. The highest BCUT2D eigenvalue weighted by atomic mass is 16.5. The van der Waals surface area contributed by atoms with Crippen LogP contribution in [0, 0.1) is 5.92 Å². The number of carbonyl (C=O) groups excluding carboxylic acids is 4. The molecule has 0 radical (unpaired) electrons. The molecule has 20 rings (SSSR count). The van der Waals surface area contributed by atoms with Crippen molar-refractivity contribution in [2.75, 3.05) is 199 Å². The fourth-order valence-electron chi connectivity index (χ4n) is 20.4. The molecule has 136 heavy (non-hydrogen) atoms. The van der Waals surface area contributed by atoms with Gasteiger partial charge < -0.3 is 83.6 Å². The number of carbonyl (C=O) groups is 4. The summed E-state index contributed by atoms with van der Waals surface area (Å²) in [5, 5.41) is 37.5. The lowest BCUT2D eigenvalue weighted by Gasteiger charge is -2.38. The summed E-state index contributed by atoms with van der Waals surface area (Å²) in [7, 11) is 2.16. The Bertz CT molecular complexity index is 6130. The summed E-state index contributed by atoms with van der Waals surface area (Å²) in [5.41, 5.74) is 13.0. The number of likely N-dealkylation sites (tertiary alicyclic amines) is 1. The fourth-order valence-corrected chi connectivity index (χ4v) is 20.4. The van der Waals surface area contributed by atoms with E-state index in [0.29, 0.717) is 123 Å². The number of anilines is 7. The van der Waals surface area contributed by atoms with Gasteiger partial charge in [0.15, 0.2) is 0 Å². The molecular weight excluding hydrogens is 1710 g/mol. The number of hydrogen-bond acceptors (Lipinski definition) is 27. The van der Waals surface area contributed by atoms with Crippen LogP contribution in [0.5, 0.6) is 23.5 Å². The first-order valence-corrected chi connectivity index (χ1v) is 47.9. The van der Waals surface area contributed by atoms with Crippen LogP contribution in [0.4, 0.5) is 40.3 Å². The lowest BCUT2D eigenvalue weighted by Crippen LogP contribution is -2.49. The van der Waals surface area contributed by atoms with Crippen LogP contribution in [0.15, 0.2) is 203 Å². The predicted octanol–water partition coefficient (Wildman–Crippen LogP) is 11.6. The Balaban J connectivity index is 0.000000127. The van der Waals surface area contributed by atoms with Crippen LogP contribution >= 0.6 is 0 Å². The summed E-state index contributed by atoms with van der Waals surface area (Å²) >= 11 is 0. The second-order valence-electron chi connectivity index (χ2n) is 36.2. The number of ether oxygens (including phenoxy) is 2. The number of nitrogens with zero attached hydrogens (tertiary/aromatic N) is 22. The number of piperazine rings is 4. The third-order valence-corrected chi connectivity index (χ3v) is 27.6. The van der Waals surface area contributed by atoms with E-state index in [1.165, 1.54) is 47.2 Å². The largest absolute Gasteiger partial charge is 0.508 e. The number of phenols is 2. The van der Waals surface area contributed by atoms with Crippen molar-refractivity contribution in [2.45, 2.75) is 104 Å². The second kappa shape index (κ2) is 43.6. The Kier molecular flexibility index (Phi) is 30.1. The van der Waals surface area contributed by atoms with Gasteiger partial charge >= 0.3 is 12.0 Å². The van der Waals surface area contributed by atoms with Gasteiger partial charge in [-0.3, -0.25) is 29.1 Å². The molecule has 0 bridgehead atoms. The number of piperidine rings is 1. The van der Waals surface area contributed by atoms with E-state index in [2.05, 4.69) is 159 Å². The third-order valence-electron chi connectivity index (χ3n) is 27.6. The van der Waals surface area contributed by atoms with Crippen molar-refractivity contribution in [1.29, 1.82) is 0 Å². The van der Waals surface area contributed by atoms with E-state index in [4.69, 9.17) is 29.4 Å². The SMILES string of the molecule is C=CC(=O)N1CCN(c2nc(OC(C)CCC)nc3c2CCN(c2cc(O)cc4ccccc24)C3)CC1.C=CC(=O)N1CCN(c2nc(OCC3CCCN(C)C3)nc3c2CCN(c2cc(O)cc4ccccc24)C3)CC1.C=CC(=O)N1CCN(c2ncnc3c2CCN(C(CO)c2ccccc2)C3)CC1.C=CC(=O)N1CCN(c2ncnc3c2CCN(c2cncc4ccccc24)C3)CC1. The minimum atomic E-state index is -0.0317.